The third kappa shape index (κ3) is 3.67. The highest BCUT2D eigenvalue weighted by molar-refractivity contribution is 7.80. The maximum atomic E-state index is 5.22. The van der Waals surface area contributed by atoms with Gasteiger partial charge in [-0.15, -0.1) is 0 Å². The Morgan fingerprint density at radius 2 is 2.09 bits per heavy atom. The van der Waals surface area contributed by atoms with Gasteiger partial charge in [0.15, 0.2) is 5.11 Å². The summed E-state index contributed by atoms with van der Waals surface area (Å²) in [6.07, 6.45) is 3.65. The van der Waals surface area contributed by atoms with Gasteiger partial charge in [0.2, 0.25) is 0 Å². The molecule has 0 saturated heterocycles. The highest BCUT2D eigenvalue weighted by Crippen LogP contribution is 2.17. The zero-order valence-electron chi connectivity index (χ0n) is 12.5. The van der Waals surface area contributed by atoms with E-state index in [4.69, 9.17) is 17.0 Å². The standard InChI is InChI=1S/C17H16N4OS/c1-22-14-6-4-5-13(9-14)20-17(23)21-19-11-12-10-18-16-8-3-2-7-15(12)16/h2-11,18H,1H3,(H2,20,21,23)/b19-11+. The average Bonchev–Trinajstić information content (AvgIpc) is 2.98. The van der Waals surface area contributed by atoms with Gasteiger partial charge < -0.3 is 15.0 Å². The largest absolute Gasteiger partial charge is 0.497 e. The molecular formula is C17H16N4OS. The summed E-state index contributed by atoms with van der Waals surface area (Å²) in [4.78, 5) is 3.20. The number of ether oxygens (including phenoxy) is 1. The molecule has 0 aliphatic heterocycles. The van der Waals surface area contributed by atoms with Crippen molar-refractivity contribution in [1.82, 2.24) is 10.4 Å². The van der Waals surface area contributed by atoms with E-state index in [1.54, 1.807) is 13.3 Å². The molecule has 0 aliphatic carbocycles. The number of thiocarbonyl (C=S) groups is 1. The van der Waals surface area contributed by atoms with Crippen molar-refractivity contribution in [3.63, 3.8) is 0 Å². The molecular weight excluding hydrogens is 308 g/mol. The quantitative estimate of drug-likeness (QED) is 0.390. The summed E-state index contributed by atoms with van der Waals surface area (Å²) in [5, 5.41) is 8.75. The molecule has 0 amide bonds. The number of nitrogens with one attached hydrogen (secondary N) is 3. The van der Waals surface area contributed by atoms with Crippen molar-refractivity contribution in [1.29, 1.82) is 0 Å². The van der Waals surface area contributed by atoms with Crippen molar-refractivity contribution in [2.75, 3.05) is 12.4 Å². The predicted molar refractivity (Wildman–Crippen MR) is 98.2 cm³/mol. The third-order valence-electron chi connectivity index (χ3n) is 3.32. The second-order valence-corrected chi connectivity index (χ2v) is 5.25. The SMILES string of the molecule is COc1cccc(NC(=S)N/N=C/c2c[nH]c3ccccc23)c1. The van der Waals surface area contributed by atoms with E-state index in [1.807, 2.05) is 54.7 Å². The molecule has 3 N–H and O–H groups in total. The van der Waals surface area contributed by atoms with Gasteiger partial charge in [-0.05, 0) is 30.4 Å². The number of rotatable bonds is 4. The normalized spacial score (nSPS) is 10.8. The summed E-state index contributed by atoms with van der Waals surface area (Å²) < 4.78 is 5.17. The van der Waals surface area contributed by atoms with Crippen molar-refractivity contribution in [3.05, 3.63) is 60.3 Å². The highest BCUT2D eigenvalue weighted by atomic mass is 32.1. The number of aromatic nitrogens is 1. The van der Waals surface area contributed by atoms with E-state index in [2.05, 4.69) is 20.8 Å². The van der Waals surface area contributed by atoms with E-state index in [0.29, 0.717) is 5.11 Å². The van der Waals surface area contributed by atoms with Gasteiger partial charge in [-0.25, -0.2) is 0 Å². The predicted octanol–water partition coefficient (Wildman–Crippen LogP) is 3.50. The molecule has 1 aromatic heterocycles. The molecule has 6 heteroatoms. The number of H-pyrrole nitrogens is 1. The number of hydrazone groups is 1. The molecule has 0 bridgehead atoms. The van der Waals surface area contributed by atoms with Gasteiger partial charge in [0, 0.05) is 34.4 Å². The maximum Gasteiger partial charge on any atom is 0.191 e. The summed E-state index contributed by atoms with van der Waals surface area (Å²) in [5.41, 5.74) is 5.72. The van der Waals surface area contributed by atoms with Crippen LogP contribution in [-0.4, -0.2) is 23.4 Å². The molecule has 1 heterocycles. The lowest BCUT2D eigenvalue weighted by atomic mass is 10.2. The first-order valence-corrected chi connectivity index (χ1v) is 7.47. The Kier molecular flexibility index (Phi) is 4.54. The van der Waals surface area contributed by atoms with Crippen LogP contribution in [0.4, 0.5) is 5.69 Å². The zero-order valence-corrected chi connectivity index (χ0v) is 13.4. The summed E-state index contributed by atoms with van der Waals surface area (Å²) in [6, 6.07) is 15.6. The number of fused-ring (bicyclic) bond motifs is 1. The van der Waals surface area contributed by atoms with E-state index in [9.17, 15) is 0 Å². The van der Waals surface area contributed by atoms with Gasteiger partial charge in [0.05, 0.1) is 13.3 Å². The van der Waals surface area contributed by atoms with Crippen molar-refractivity contribution >= 4 is 40.1 Å². The lowest BCUT2D eigenvalue weighted by Gasteiger charge is -2.08. The number of hydrogen-bond acceptors (Lipinski definition) is 3. The van der Waals surface area contributed by atoms with Crippen molar-refractivity contribution < 1.29 is 4.74 Å². The van der Waals surface area contributed by atoms with Gasteiger partial charge >= 0.3 is 0 Å². The van der Waals surface area contributed by atoms with Gasteiger partial charge in [0.25, 0.3) is 0 Å². The van der Waals surface area contributed by atoms with Crippen LogP contribution >= 0.6 is 12.2 Å². The number of benzene rings is 2. The molecule has 0 spiro atoms. The summed E-state index contributed by atoms with van der Waals surface area (Å²) >= 11 is 5.22. The van der Waals surface area contributed by atoms with E-state index >= 15 is 0 Å². The van der Waals surface area contributed by atoms with E-state index in [-0.39, 0.29) is 0 Å². The Morgan fingerprint density at radius 3 is 2.96 bits per heavy atom. The fourth-order valence-corrected chi connectivity index (χ4v) is 2.39. The number of hydrogen-bond donors (Lipinski definition) is 3. The zero-order chi connectivity index (χ0) is 16.1. The van der Waals surface area contributed by atoms with Crippen LogP contribution in [0.2, 0.25) is 0 Å². The van der Waals surface area contributed by atoms with Crippen LogP contribution in [0.3, 0.4) is 0 Å². The molecule has 3 rings (SSSR count). The Bertz CT molecular complexity index is 856. The average molecular weight is 324 g/mol. The molecule has 2 aromatic carbocycles. The van der Waals surface area contributed by atoms with E-state index in [1.165, 1.54) is 0 Å². The topological polar surface area (TPSA) is 61.4 Å². The molecule has 0 radical (unpaired) electrons. The highest BCUT2D eigenvalue weighted by Gasteiger charge is 2.00. The summed E-state index contributed by atoms with van der Waals surface area (Å²) in [5.74, 6) is 0.764. The minimum Gasteiger partial charge on any atom is -0.497 e. The molecule has 3 aromatic rings. The van der Waals surface area contributed by atoms with Crippen LogP contribution in [0, 0.1) is 0 Å². The summed E-state index contributed by atoms with van der Waals surface area (Å²) in [6.45, 7) is 0. The maximum absolute atomic E-state index is 5.22. The molecule has 23 heavy (non-hydrogen) atoms. The van der Waals surface area contributed by atoms with Crippen LogP contribution in [0.25, 0.3) is 10.9 Å². The van der Waals surface area contributed by atoms with Gasteiger partial charge in [-0.3, -0.25) is 5.43 Å². The smallest absolute Gasteiger partial charge is 0.191 e. The first kappa shape index (κ1) is 15.1. The fourth-order valence-electron chi connectivity index (χ4n) is 2.22. The third-order valence-corrected chi connectivity index (χ3v) is 3.51. The minimum atomic E-state index is 0.411. The lowest BCUT2D eigenvalue weighted by molar-refractivity contribution is 0.415. The number of para-hydroxylation sites is 1. The van der Waals surface area contributed by atoms with Crippen LogP contribution < -0.4 is 15.5 Å². The van der Waals surface area contributed by atoms with E-state index < -0.39 is 0 Å². The number of aromatic amines is 1. The first-order valence-electron chi connectivity index (χ1n) is 7.06. The summed E-state index contributed by atoms with van der Waals surface area (Å²) in [7, 11) is 1.63. The Hall–Kier alpha value is -2.86. The van der Waals surface area contributed by atoms with Gasteiger partial charge in [-0.2, -0.15) is 5.10 Å². The van der Waals surface area contributed by atoms with Crippen molar-refractivity contribution in [3.8, 4) is 5.75 Å². The van der Waals surface area contributed by atoms with Gasteiger partial charge in [0.1, 0.15) is 5.75 Å². The van der Waals surface area contributed by atoms with Crippen LogP contribution in [0.5, 0.6) is 5.75 Å². The number of nitrogens with zero attached hydrogens (tertiary/aromatic N) is 1. The second kappa shape index (κ2) is 6.93. The minimum absolute atomic E-state index is 0.411. The molecule has 0 unspecified atom stereocenters. The first-order chi connectivity index (χ1) is 11.3. The van der Waals surface area contributed by atoms with Crippen LogP contribution in [0.15, 0.2) is 59.8 Å². The fraction of sp³-hybridized carbons (Fsp3) is 0.0588. The van der Waals surface area contributed by atoms with Gasteiger partial charge in [-0.1, -0.05) is 24.3 Å². The Labute approximate surface area is 139 Å². The van der Waals surface area contributed by atoms with E-state index in [0.717, 1.165) is 27.9 Å². The monoisotopic (exact) mass is 324 g/mol. The molecule has 0 fully saturated rings. The molecule has 0 saturated carbocycles. The number of anilines is 1. The molecule has 5 nitrogen and oxygen atoms in total. The Morgan fingerprint density at radius 1 is 1.22 bits per heavy atom. The molecule has 116 valence electrons. The van der Waals surface area contributed by atoms with Crippen LogP contribution in [-0.2, 0) is 0 Å². The Balaban J connectivity index is 1.62. The number of methoxy groups -OCH3 is 1. The van der Waals surface area contributed by atoms with Crippen molar-refractivity contribution in [2.45, 2.75) is 0 Å². The molecule has 0 atom stereocenters. The molecule has 0 aliphatic rings. The van der Waals surface area contributed by atoms with Crippen molar-refractivity contribution in [2.24, 2.45) is 5.10 Å². The second-order valence-electron chi connectivity index (χ2n) is 4.85. The lowest BCUT2D eigenvalue weighted by Crippen LogP contribution is -2.23. The van der Waals surface area contributed by atoms with Crippen LogP contribution in [0.1, 0.15) is 5.56 Å².